The van der Waals surface area contributed by atoms with E-state index >= 15 is 0 Å². The van der Waals surface area contributed by atoms with Crippen molar-refractivity contribution in [2.24, 2.45) is 5.92 Å². The summed E-state index contributed by atoms with van der Waals surface area (Å²) in [5.74, 6) is -0.461. The second-order valence-electron chi connectivity index (χ2n) is 7.66. The van der Waals surface area contributed by atoms with E-state index in [0.29, 0.717) is 0 Å². The van der Waals surface area contributed by atoms with Gasteiger partial charge < -0.3 is 9.84 Å². The zero-order valence-corrected chi connectivity index (χ0v) is 17.2. The number of carboxylic acids is 1. The van der Waals surface area contributed by atoms with Crippen molar-refractivity contribution in [3.05, 3.63) is 82.4 Å². The summed E-state index contributed by atoms with van der Waals surface area (Å²) in [6, 6.07) is 15.1. The highest BCUT2D eigenvalue weighted by molar-refractivity contribution is 6.30. The van der Waals surface area contributed by atoms with Gasteiger partial charge in [0.25, 0.3) is 0 Å². The van der Waals surface area contributed by atoms with E-state index < -0.39 is 5.97 Å². The molecule has 1 saturated heterocycles. The van der Waals surface area contributed by atoms with E-state index in [1.807, 2.05) is 31.2 Å². The average molecular weight is 399 g/mol. The van der Waals surface area contributed by atoms with Crippen LogP contribution in [0, 0.1) is 5.92 Å². The van der Waals surface area contributed by atoms with Crippen LogP contribution in [0.3, 0.4) is 0 Å². The summed E-state index contributed by atoms with van der Waals surface area (Å²) in [6.07, 6.45) is 2.95. The van der Waals surface area contributed by atoms with Crippen molar-refractivity contribution in [1.29, 1.82) is 0 Å². The highest BCUT2D eigenvalue weighted by Gasteiger charge is 2.39. The summed E-state index contributed by atoms with van der Waals surface area (Å²) in [7, 11) is 0. The molecule has 4 atom stereocenters. The minimum atomic E-state index is -0.917. The Bertz CT molecular complexity index is 826. The molecular weight excluding hydrogens is 372 g/mol. The SMILES string of the molecule is C=C(C)[C@H]1C[C@H](c2ccc(Cl)cc2)[C@H](CCC)O[C@@H]1c1ccc(C(=O)O)cc1. The van der Waals surface area contributed by atoms with Crippen LogP contribution in [-0.4, -0.2) is 17.2 Å². The number of carboxylic acid groups (broad SMARTS) is 1. The summed E-state index contributed by atoms with van der Waals surface area (Å²) in [4.78, 5) is 11.2. The molecular formula is C24H27ClO3. The summed E-state index contributed by atoms with van der Waals surface area (Å²) < 4.78 is 6.64. The number of carbonyl (C=O) groups is 1. The van der Waals surface area contributed by atoms with Crippen LogP contribution in [0.15, 0.2) is 60.7 Å². The van der Waals surface area contributed by atoms with Crippen molar-refractivity contribution in [3.63, 3.8) is 0 Å². The first-order chi connectivity index (χ1) is 13.4. The Hall–Kier alpha value is -2.10. The molecule has 0 saturated carbocycles. The van der Waals surface area contributed by atoms with Crippen molar-refractivity contribution in [2.75, 3.05) is 0 Å². The maximum Gasteiger partial charge on any atom is 0.335 e. The van der Waals surface area contributed by atoms with Crippen molar-refractivity contribution >= 4 is 17.6 Å². The van der Waals surface area contributed by atoms with E-state index in [-0.39, 0.29) is 29.6 Å². The Balaban J connectivity index is 1.92. The Morgan fingerprint density at radius 2 is 1.75 bits per heavy atom. The summed E-state index contributed by atoms with van der Waals surface area (Å²) in [6.45, 7) is 8.44. The monoisotopic (exact) mass is 398 g/mol. The number of hydrogen-bond donors (Lipinski definition) is 1. The average Bonchev–Trinajstić information content (AvgIpc) is 2.68. The molecule has 4 heteroatoms. The van der Waals surface area contributed by atoms with Crippen LogP contribution in [0.2, 0.25) is 5.02 Å². The number of rotatable bonds is 6. The molecule has 1 aliphatic heterocycles. The maximum absolute atomic E-state index is 11.2. The van der Waals surface area contributed by atoms with E-state index in [1.54, 1.807) is 12.1 Å². The van der Waals surface area contributed by atoms with Crippen LogP contribution in [0.1, 0.15) is 66.6 Å². The normalized spacial score (nSPS) is 24.7. The lowest BCUT2D eigenvalue weighted by Gasteiger charge is -2.43. The topological polar surface area (TPSA) is 46.5 Å². The number of halogens is 1. The fourth-order valence-corrected chi connectivity index (χ4v) is 4.25. The Kier molecular flexibility index (Phi) is 6.58. The van der Waals surface area contributed by atoms with E-state index in [2.05, 4.69) is 25.6 Å². The van der Waals surface area contributed by atoms with E-state index in [1.165, 1.54) is 5.56 Å². The molecule has 3 rings (SSSR count). The highest BCUT2D eigenvalue weighted by atomic mass is 35.5. The van der Waals surface area contributed by atoms with Gasteiger partial charge in [0.1, 0.15) is 0 Å². The third-order valence-corrected chi connectivity index (χ3v) is 5.89. The fourth-order valence-electron chi connectivity index (χ4n) is 4.13. The van der Waals surface area contributed by atoms with Crippen LogP contribution < -0.4 is 0 Å². The number of benzene rings is 2. The van der Waals surface area contributed by atoms with Crippen molar-refractivity contribution < 1.29 is 14.6 Å². The maximum atomic E-state index is 11.2. The van der Waals surface area contributed by atoms with Gasteiger partial charge in [0.15, 0.2) is 0 Å². The molecule has 0 aromatic heterocycles. The molecule has 0 bridgehead atoms. The van der Waals surface area contributed by atoms with Gasteiger partial charge in [0.05, 0.1) is 17.8 Å². The predicted octanol–water partition coefficient (Wildman–Crippen LogP) is 6.64. The van der Waals surface area contributed by atoms with Gasteiger partial charge in [0.2, 0.25) is 0 Å². The lowest BCUT2D eigenvalue weighted by molar-refractivity contribution is -0.0923. The van der Waals surface area contributed by atoms with Crippen LogP contribution >= 0.6 is 11.6 Å². The molecule has 0 spiro atoms. The molecule has 1 aliphatic rings. The highest BCUT2D eigenvalue weighted by Crippen LogP contribution is 2.47. The van der Waals surface area contributed by atoms with Crippen LogP contribution in [0.4, 0.5) is 0 Å². The van der Waals surface area contributed by atoms with Gasteiger partial charge in [-0.05, 0) is 55.2 Å². The zero-order chi connectivity index (χ0) is 20.3. The molecule has 1 N–H and O–H groups in total. The largest absolute Gasteiger partial charge is 0.478 e. The number of ether oxygens (including phenoxy) is 1. The summed E-state index contributed by atoms with van der Waals surface area (Å²) in [5.41, 5.74) is 3.62. The van der Waals surface area contributed by atoms with Crippen molar-refractivity contribution in [1.82, 2.24) is 0 Å². The smallest absolute Gasteiger partial charge is 0.335 e. The molecule has 28 heavy (non-hydrogen) atoms. The first-order valence-electron chi connectivity index (χ1n) is 9.80. The second-order valence-corrected chi connectivity index (χ2v) is 8.09. The first-order valence-corrected chi connectivity index (χ1v) is 10.2. The first kappa shape index (κ1) is 20.6. The van der Waals surface area contributed by atoms with Gasteiger partial charge in [-0.25, -0.2) is 4.79 Å². The summed E-state index contributed by atoms with van der Waals surface area (Å²) >= 11 is 6.08. The number of aromatic carboxylic acids is 1. The van der Waals surface area contributed by atoms with Gasteiger partial charge in [-0.1, -0.05) is 61.4 Å². The lowest BCUT2D eigenvalue weighted by Crippen LogP contribution is -2.36. The third kappa shape index (κ3) is 4.48. The lowest BCUT2D eigenvalue weighted by atomic mass is 9.75. The molecule has 0 unspecified atom stereocenters. The Morgan fingerprint density at radius 1 is 1.14 bits per heavy atom. The molecule has 0 amide bonds. The van der Waals surface area contributed by atoms with Crippen LogP contribution in [0.25, 0.3) is 0 Å². The Labute approximate surface area is 172 Å². The van der Waals surface area contributed by atoms with E-state index in [4.69, 9.17) is 21.4 Å². The van der Waals surface area contributed by atoms with Gasteiger partial charge in [-0.15, -0.1) is 0 Å². The van der Waals surface area contributed by atoms with Gasteiger partial charge in [-0.3, -0.25) is 0 Å². The predicted molar refractivity (Wildman–Crippen MR) is 113 cm³/mol. The molecule has 0 aliphatic carbocycles. The zero-order valence-electron chi connectivity index (χ0n) is 16.4. The quantitative estimate of drug-likeness (QED) is 0.554. The van der Waals surface area contributed by atoms with E-state index in [9.17, 15) is 4.79 Å². The van der Waals surface area contributed by atoms with Crippen LogP contribution in [0.5, 0.6) is 0 Å². The second kappa shape index (κ2) is 8.93. The van der Waals surface area contributed by atoms with E-state index in [0.717, 1.165) is 35.4 Å². The molecule has 3 nitrogen and oxygen atoms in total. The molecule has 0 radical (unpaired) electrons. The minimum Gasteiger partial charge on any atom is -0.478 e. The molecule has 2 aromatic rings. The number of hydrogen-bond acceptors (Lipinski definition) is 2. The molecule has 1 heterocycles. The van der Waals surface area contributed by atoms with Crippen LogP contribution in [-0.2, 0) is 4.74 Å². The van der Waals surface area contributed by atoms with Gasteiger partial charge >= 0.3 is 5.97 Å². The van der Waals surface area contributed by atoms with Crippen molar-refractivity contribution in [3.8, 4) is 0 Å². The third-order valence-electron chi connectivity index (χ3n) is 5.63. The molecule has 148 valence electrons. The Morgan fingerprint density at radius 3 is 2.29 bits per heavy atom. The van der Waals surface area contributed by atoms with Gasteiger partial charge in [-0.2, -0.15) is 0 Å². The molecule has 2 aromatic carbocycles. The van der Waals surface area contributed by atoms with Gasteiger partial charge in [0, 0.05) is 16.9 Å². The van der Waals surface area contributed by atoms with Crippen molar-refractivity contribution in [2.45, 2.75) is 51.2 Å². The molecule has 1 fully saturated rings. The fraction of sp³-hybridized carbons (Fsp3) is 0.375. The summed E-state index contributed by atoms with van der Waals surface area (Å²) in [5, 5.41) is 9.90. The standard InChI is InChI=1S/C24H27ClO3/c1-4-5-22-21(16-10-12-19(25)13-11-16)14-20(15(2)3)23(28-22)17-6-8-18(9-7-17)24(26)27/h6-13,20-23H,2,4-5,14H2,1,3H3,(H,26,27)/t20-,21-,22+,23-/m1/s1. The minimum absolute atomic E-state index is 0.103.